The first-order valence-corrected chi connectivity index (χ1v) is 7.17. The van der Waals surface area contributed by atoms with Crippen molar-refractivity contribution in [2.75, 3.05) is 12.0 Å². The number of aliphatic hydroxyl groups is 1. The van der Waals surface area contributed by atoms with Crippen LogP contribution in [0.15, 0.2) is 58.4 Å². The Hall–Kier alpha value is -2.99. The Morgan fingerprint density at radius 2 is 1.96 bits per heavy atom. The van der Waals surface area contributed by atoms with Crippen LogP contribution in [0.25, 0.3) is 11.0 Å². The predicted octanol–water partition coefficient (Wildman–Crippen LogP) is 2.04. The molecule has 3 N–H and O–H groups in total. The number of rotatable bonds is 4. The van der Waals surface area contributed by atoms with Crippen molar-refractivity contribution >= 4 is 22.4 Å². The lowest BCUT2D eigenvalue weighted by Crippen LogP contribution is -2.24. The van der Waals surface area contributed by atoms with Gasteiger partial charge in [-0.15, -0.1) is 0 Å². The first-order valence-electron chi connectivity index (χ1n) is 7.17. The molecular weight excluding hydrogens is 292 g/mol. The molecule has 1 heterocycles. The third-order valence-corrected chi connectivity index (χ3v) is 3.48. The number of para-hydroxylation sites is 3. The Kier molecular flexibility index (Phi) is 4.16. The van der Waals surface area contributed by atoms with E-state index in [9.17, 15) is 9.90 Å². The van der Waals surface area contributed by atoms with E-state index in [0.717, 1.165) is 11.3 Å². The summed E-state index contributed by atoms with van der Waals surface area (Å²) < 4.78 is 0. The number of fused-ring (bicyclic) bond motifs is 1. The molecule has 6 nitrogen and oxygen atoms in total. The SMILES string of the molecule is Cc1ccccc1NN=C(CO)c1nc2ccccc2[nH]c1=O. The molecule has 0 aliphatic heterocycles. The van der Waals surface area contributed by atoms with Crippen LogP contribution in [0.5, 0.6) is 0 Å². The molecule has 1 aromatic heterocycles. The van der Waals surface area contributed by atoms with E-state index in [1.165, 1.54) is 0 Å². The van der Waals surface area contributed by atoms with E-state index in [4.69, 9.17) is 0 Å². The van der Waals surface area contributed by atoms with Crippen LogP contribution in [0.4, 0.5) is 5.69 Å². The summed E-state index contributed by atoms with van der Waals surface area (Å²) in [5, 5.41) is 13.7. The van der Waals surface area contributed by atoms with Crippen LogP contribution < -0.4 is 11.0 Å². The Morgan fingerprint density at radius 1 is 1.22 bits per heavy atom. The van der Waals surface area contributed by atoms with Gasteiger partial charge in [-0.2, -0.15) is 5.10 Å². The van der Waals surface area contributed by atoms with Gasteiger partial charge in [-0.25, -0.2) is 4.98 Å². The Balaban J connectivity index is 2.00. The van der Waals surface area contributed by atoms with Gasteiger partial charge in [-0.05, 0) is 30.7 Å². The minimum Gasteiger partial charge on any atom is -0.390 e. The van der Waals surface area contributed by atoms with Crippen molar-refractivity contribution in [2.45, 2.75) is 6.92 Å². The van der Waals surface area contributed by atoms with E-state index in [-0.39, 0.29) is 17.0 Å². The van der Waals surface area contributed by atoms with Crippen LogP contribution in [0.2, 0.25) is 0 Å². The topological polar surface area (TPSA) is 90.4 Å². The zero-order chi connectivity index (χ0) is 16.2. The molecule has 0 bridgehead atoms. The lowest BCUT2D eigenvalue weighted by molar-refractivity contribution is 0.357. The van der Waals surface area contributed by atoms with Crippen molar-refractivity contribution in [2.24, 2.45) is 5.10 Å². The number of aromatic amines is 1. The molecule has 116 valence electrons. The highest BCUT2D eigenvalue weighted by molar-refractivity contribution is 6.01. The average Bonchev–Trinajstić information content (AvgIpc) is 2.57. The first-order chi connectivity index (χ1) is 11.2. The molecule has 0 amide bonds. The molecule has 2 aromatic carbocycles. The fourth-order valence-electron chi connectivity index (χ4n) is 2.21. The maximum atomic E-state index is 12.2. The zero-order valence-corrected chi connectivity index (χ0v) is 12.6. The van der Waals surface area contributed by atoms with E-state index < -0.39 is 6.61 Å². The molecule has 0 aliphatic rings. The number of anilines is 1. The molecule has 0 aliphatic carbocycles. The molecule has 0 spiro atoms. The number of hydrogen-bond acceptors (Lipinski definition) is 5. The van der Waals surface area contributed by atoms with E-state index >= 15 is 0 Å². The Morgan fingerprint density at radius 3 is 2.74 bits per heavy atom. The number of benzene rings is 2. The molecule has 0 unspecified atom stereocenters. The van der Waals surface area contributed by atoms with Crippen molar-refractivity contribution in [1.82, 2.24) is 9.97 Å². The molecule has 3 rings (SSSR count). The van der Waals surface area contributed by atoms with Crippen LogP contribution >= 0.6 is 0 Å². The maximum absolute atomic E-state index is 12.2. The van der Waals surface area contributed by atoms with Crippen molar-refractivity contribution in [3.63, 3.8) is 0 Å². The number of aromatic nitrogens is 2. The monoisotopic (exact) mass is 308 g/mol. The molecule has 0 saturated carbocycles. The standard InChI is InChI=1S/C17H16N4O2/c1-11-6-2-3-7-12(11)20-21-15(10-22)16-17(23)19-14-9-5-4-8-13(14)18-16/h2-9,20,22H,10H2,1H3,(H,19,23). The van der Waals surface area contributed by atoms with Crippen molar-refractivity contribution in [3.8, 4) is 0 Å². The normalized spacial score (nSPS) is 11.7. The van der Waals surface area contributed by atoms with Crippen LogP contribution in [0, 0.1) is 6.92 Å². The van der Waals surface area contributed by atoms with Gasteiger partial charge in [0.05, 0.1) is 23.3 Å². The second-order valence-electron chi connectivity index (χ2n) is 5.08. The van der Waals surface area contributed by atoms with E-state index in [1.807, 2.05) is 43.3 Å². The second kappa shape index (κ2) is 6.41. The summed E-state index contributed by atoms with van der Waals surface area (Å²) in [5.41, 5.74) is 5.86. The fourth-order valence-corrected chi connectivity index (χ4v) is 2.21. The van der Waals surface area contributed by atoms with Gasteiger partial charge in [0.25, 0.3) is 5.56 Å². The number of aliphatic hydroxyl groups excluding tert-OH is 1. The van der Waals surface area contributed by atoms with Gasteiger partial charge < -0.3 is 10.1 Å². The molecule has 0 fully saturated rings. The predicted molar refractivity (Wildman–Crippen MR) is 90.8 cm³/mol. The molecule has 23 heavy (non-hydrogen) atoms. The van der Waals surface area contributed by atoms with Gasteiger partial charge >= 0.3 is 0 Å². The number of H-pyrrole nitrogens is 1. The largest absolute Gasteiger partial charge is 0.390 e. The van der Waals surface area contributed by atoms with Crippen molar-refractivity contribution < 1.29 is 5.11 Å². The average molecular weight is 308 g/mol. The van der Waals surface area contributed by atoms with Crippen LogP contribution in [-0.4, -0.2) is 27.4 Å². The third-order valence-electron chi connectivity index (χ3n) is 3.48. The highest BCUT2D eigenvalue weighted by Gasteiger charge is 2.11. The minimum absolute atomic E-state index is 0.104. The quantitative estimate of drug-likeness (QED) is 0.508. The lowest BCUT2D eigenvalue weighted by Gasteiger charge is -2.07. The second-order valence-corrected chi connectivity index (χ2v) is 5.08. The molecule has 6 heteroatoms. The molecule has 0 atom stereocenters. The van der Waals surface area contributed by atoms with Gasteiger partial charge in [-0.1, -0.05) is 30.3 Å². The third kappa shape index (κ3) is 3.12. The summed E-state index contributed by atoms with van der Waals surface area (Å²) in [7, 11) is 0. The van der Waals surface area contributed by atoms with Crippen LogP contribution in [-0.2, 0) is 0 Å². The van der Waals surface area contributed by atoms with Crippen molar-refractivity contribution in [1.29, 1.82) is 0 Å². The number of nitrogens with one attached hydrogen (secondary N) is 2. The summed E-state index contributed by atoms with van der Waals surface area (Å²) in [5.74, 6) is 0. The van der Waals surface area contributed by atoms with E-state index in [1.54, 1.807) is 12.1 Å². The zero-order valence-electron chi connectivity index (χ0n) is 12.6. The number of hydrogen-bond donors (Lipinski definition) is 3. The Labute approximate surface area is 132 Å². The van der Waals surface area contributed by atoms with Crippen molar-refractivity contribution in [3.05, 3.63) is 70.1 Å². The number of hydrazone groups is 1. The summed E-state index contributed by atoms with van der Waals surface area (Å²) in [6.45, 7) is 1.55. The summed E-state index contributed by atoms with van der Waals surface area (Å²) in [6, 6.07) is 14.8. The highest BCUT2D eigenvalue weighted by Crippen LogP contribution is 2.13. The molecule has 0 saturated heterocycles. The number of nitrogens with zero attached hydrogens (tertiary/aromatic N) is 2. The molecule has 3 aromatic rings. The smallest absolute Gasteiger partial charge is 0.276 e. The minimum atomic E-state index is -0.396. The van der Waals surface area contributed by atoms with E-state index in [2.05, 4.69) is 20.5 Å². The van der Waals surface area contributed by atoms with Gasteiger partial charge in [0.2, 0.25) is 0 Å². The fraction of sp³-hybridized carbons (Fsp3) is 0.118. The first kappa shape index (κ1) is 14.9. The van der Waals surface area contributed by atoms with Gasteiger partial charge in [0.1, 0.15) is 5.71 Å². The summed E-state index contributed by atoms with van der Waals surface area (Å²) >= 11 is 0. The summed E-state index contributed by atoms with van der Waals surface area (Å²) in [4.78, 5) is 19.2. The highest BCUT2D eigenvalue weighted by atomic mass is 16.3. The molecular formula is C17H16N4O2. The maximum Gasteiger partial charge on any atom is 0.276 e. The van der Waals surface area contributed by atoms with E-state index in [0.29, 0.717) is 11.0 Å². The Bertz CT molecular complexity index is 931. The van der Waals surface area contributed by atoms with Gasteiger partial charge in [0.15, 0.2) is 5.69 Å². The van der Waals surface area contributed by atoms with Gasteiger partial charge in [-0.3, -0.25) is 10.2 Å². The number of aryl methyl sites for hydroxylation is 1. The summed E-state index contributed by atoms with van der Waals surface area (Å²) in [6.07, 6.45) is 0. The van der Waals surface area contributed by atoms with Gasteiger partial charge in [0, 0.05) is 0 Å². The molecule has 0 radical (unpaired) electrons. The van der Waals surface area contributed by atoms with Crippen LogP contribution in [0.3, 0.4) is 0 Å². The lowest BCUT2D eigenvalue weighted by atomic mass is 10.2. The van der Waals surface area contributed by atoms with Crippen LogP contribution in [0.1, 0.15) is 11.3 Å².